The molecule has 3 heteroatoms. The number of hydrogen-bond acceptors (Lipinski definition) is 0. The monoisotopic (exact) mass is 251 g/mol. The van der Waals surface area contributed by atoms with Crippen LogP contribution in [0.15, 0.2) is 12.1 Å². The lowest BCUT2D eigenvalue weighted by atomic mass is 10.1. The van der Waals surface area contributed by atoms with Gasteiger partial charge in [0.25, 0.3) is 0 Å². The molecule has 1 aliphatic carbocycles. The second-order valence-electron chi connectivity index (χ2n) is 4.69. The van der Waals surface area contributed by atoms with Gasteiger partial charge in [-0.2, -0.15) is 0 Å². The van der Waals surface area contributed by atoms with Crippen molar-refractivity contribution in [3.63, 3.8) is 0 Å². The van der Waals surface area contributed by atoms with Gasteiger partial charge in [-0.25, -0.2) is 4.39 Å². The highest BCUT2D eigenvalue weighted by molar-refractivity contribution is 6.36. The number of rotatable bonds is 2. The first-order valence-corrected chi connectivity index (χ1v) is 6.59. The summed E-state index contributed by atoms with van der Waals surface area (Å²) in [6.07, 6.45) is 4.38. The van der Waals surface area contributed by atoms with Crippen LogP contribution in [-0.4, -0.2) is 4.57 Å². The van der Waals surface area contributed by atoms with E-state index < -0.39 is 0 Å². The molecule has 90 valence electrons. The molecule has 1 nitrogen and oxygen atoms in total. The van der Waals surface area contributed by atoms with E-state index in [0.717, 1.165) is 43.1 Å². The van der Waals surface area contributed by atoms with Crippen LogP contribution in [0, 0.1) is 5.82 Å². The van der Waals surface area contributed by atoms with E-state index in [0.29, 0.717) is 5.02 Å². The van der Waals surface area contributed by atoms with E-state index in [1.807, 2.05) is 6.07 Å². The van der Waals surface area contributed by atoms with Gasteiger partial charge < -0.3 is 4.57 Å². The number of halogens is 2. The topological polar surface area (TPSA) is 4.93 Å². The Kier molecular flexibility index (Phi) is 2.62. The molecule has 0 aliphatic heterocycles. The van der Waals surface area contributed by atoms with Crippen molar-refractivity contribution >= 4 is 22.5 Å². The molecule has 0 N–H and O–H groups in total. The maximum Gasteiger partial charge on any atom is 0.142 e. The van der Waals surface area contributed by atoms with Crippen LogP contribution in [0.1, 0.15) is 31.0 Å². The van der Waals surface area contributed by atoms with Gasteiger partial charge in [-0.1, -0.05) is 18.5 Å². The molecule has 1 heterocycles. The van der Waals surface area contributed by atoms with Crippen molar-refractivity contribution in [1.82, 2.24) is 4.57 Å². The fraction of sp³-hybridized carbons (Fsp3) is 0.429. The minimum atomic E-state index is -0.303. The molecule has 2 aromatic rings. The number of nitrogens with zero attached hydrogens (tertiary/aromatic N) is 1. The van der Waals surface area contributed by atoms with Crippen LogP contribution in [0.2, 0.25) is 5.02 Å². The molecule has 0 atom stereocenters. The Bertz CT molecular complexity index is 586. The molecule has 17 heavy (non-hydrogen) atoms. The standard InChI is InChI=1S/C14H15ClFN/c1-2-8-17-11-5-3-4-9(11)13-12(17)7-6-10(16)14(13)15/h6-7H,2-5,8H2,1H3. The highest BCUT2D eigenvalue weighted by atomic mass is 35.5. The van der Waals surface area contributed by atoms with Gasteiger partial charge in [-0.15, -0.1) is 0 Å². The van der Waals surface area contributed by atoms with E-state index in [1.54, 1.807) is 0 Å². The van der Waals surface area contributed by atoms with Crippen LogP contribution in [0.25, 0.3) is 10.9 Å². The molecule has 1 aromatic heterocycles. The molecule has 0 bridgehead atoms. The summed E-state index contributed by atoms with van der Waals surface area (Å²) in [5, 5.41) is 1.25. The number of benzene rings is 1. The van der Waals surface area contributed by atoms with Gasteiger partial charge in [0.15, 0.2) is 0 Å². The van der Waals surface area contributed by atoms with E-state index in [2.05, 4.69) is 11.5 Å². The highest BCUT2D eigenvalue weighted by Crippen LogP contribution is 2.38. The minimum absolute atomic E-state index is 0.301. The summed E-state index contributed by atoms with van der Waals surface area (Å²) in [5.74, 6) is -0.303. The quantitative estimate of drug-likeness (QED) is 0.749. The van der Waals surface area contributed by atoms with Gasteiger partial charge in [-0.05, 0) is 43.4 Å². The molecule has 0 radical (unpaired) electrons. The van der Waals surface area contributed by atoms with Crippen molar-refractivity contribution in [2.45, 2.75) is 39.2 Å². The Morgan fingerprint density at radius 1 is 1.35 bits per heavy atom. The number of aromatic nitrogens is 1. The molecule has 0 saturated heterocycles. The summed E-state index contributed by atoms with van der Waals surface area (Å²) < 4.78 is 15.9. The summed E-state index contributed by atoms with van der Waals surface area (Å²) in [4.78, 5) is 0. The number of fused-ring (bicyclic) bond motifs is 3. The molecule has 1 aromatic carbocycles. The van der Waals surface area contributed by atoms with E-state index in [1.165, 1.54) is 17.3 Å². The largest absolute Gasteiger partial charge is 0.344 e. The Morgan fingerprint density at radius 2 is 2.18 bits per heavy atom. The Morgan fingerprint density at radius 3 is 2.94 bits per heavy atom. The Balaban J connectivity index is 2.37. The smallest absolute Gasteiger partial charge is 0.142 e. The van der Waals surface area contributed by atoms with E-state index in [-0.39, 0.29) is 5.82 Å². The fourth-order valence-corrected chi connectivity index (χ4v) is 3.25. The van der Waals surface area contributed by atoms with Crippen LogP contribution in [0.3, 0.4) is 0 Å². The summed E-state index contributed by atoms with van der Waals surface area (Å²) in [6.45, 7) is 3.16. The van der Waals surface area contributed by atoms with Crippen molar-refractivity contribution in [3.05, 3.63) is 34.2 Å². The molecule has 0 fully saturated rings. The second-order valence-corrected chi connectivity index (χ2v) is 5.06. The maximum absolute atomic E-state index is 13.6. The van der Waals surface area contributed by atoms with Crippen LogP contribution in [-0.2, 0) is 19.4 Å². The zero-order chi connectivity index (χ0) is 12.0. The third kappa shape index (κ3) is 1.50. The number of aryl methyl sites for hydroxylation is 2. The molecule has 3 rings (SSSR count). The van der Waals surface area contributed by atoms with Crippen LogP contribution >= 0.6 is 11.6 Å². The normalized spacial score (nSPS) is 14.5. The van der Waals surface area contributed by atoms with Gasteiger partial charge >= 0.3 is 0 Å². The summed E-state index contributed by atoms with van der Waals surface area (Å²) in [5.41, 5.74) is 3.75. The predicted molar refractivity (Wildman–Crippen MR) is 69.2 cm³/mol. The van der Waals surface area contributed by atoms with Crippen LogP contribution < -0.4 is 0 Å². The molecular weight excluding hydrogens is 237 g/mol. The lowest BCUT2D eigenvalue weighted by molar-refractivity contribution is 0.629. The zero-order valence-corrected chi connectivity index (χ0v) is 10.6. The molecule has 0 amide bonds. The van der Waals surface area contributed by atoms with Crippen LogP contribution in [0.4, 0.5) is 4.39 Å². The van der Waals surface area contributed by atoms with Gasteiger partial charge in [0.2, 0.25) is 0 Å². The average molecular weight is 252 g/mol. The van der Waals surface area contributed by atoms with Gasteiger partial charge in [-0.3, -0.25) is 0 Å². The molecular formula is C14H15ClFN. The molecule has 0 unspecified atom stereocenters. The van der Waals surface area contributed by atoms with Gasteiger partial charge in [0.1, 0.15) is 5.82 Å². The summed E-state index contributed by atoms with van der Waals surface area (Å²) >= 11 is 6.13. The Hall–Kier alpha value is -1.02. The first-order chi connectivity index (χ1) is 8.24. The third-order valence-corrected chi connectivity index (χ3v) is 4.00. The fourth-order valence-electron chi connectivity index (χ4n) is 2.97. The zero-order valence-electron chi connectivity index (χ0n) is 9.89. The minimum Gasteiger partial charge on any atom is -0.344 e. The van der Waals surface area contributed by atoms with Crippen molar-refractivity contribution in [1.29, 1.82) is 0 Å². The van der Waals surface area contributed by atoms with Crippen LogP contribution in [0.5, 0.6) is 0 Å². The number of hydrogen-bond donors (Lipinski definition) is 0. The first kappa shape index (κ1) is 11.1. The predicted octanol–water partition coefficient (Wildman–Crippen LogP) is 4.33. The highest BCUT2D eigenvalue weighted by Gasteiger charge is 2.23. The molecule has 0 spiro atoms. The summed E-state index contributed by atoms with van der Waals surface area (Å²) in [7, 11) is 0. The second kappa shape index (κ2) is 4.02. The average Bonchev–Trinajstić information content (AvgIpc) is 2.87. The van der Waals surface area contributed by atoms with Gasteiger partial charge in [0, 0.05) is 17.6 Å². The van der Waals surface area contributed by atoms with E-state index in [9.17, 15) is 4.39 Å². The molecule has 0 saturated carbocycles. The maximum atomic E-state index is 13.6. The van der Waals surface area contributed by atoms with E-state index in [4.69, 9.17) is 11.6 Å². The first-order valence-electron chi connectivity index (χ1n) is 6.22. The molecule has 1 aliphatic rings. The van der Waals surface area contributed by atoms with Crippen molar-refractivity contribution < 1.29 is 4.39 Å². The lowest BCUT2D eigenvalue weighted by Gasteiger charge is -2.07. The third-order valence-electron chi connectivity index (χ3n) is 3.63. The van der Waals surface area contributed by atoms with Crippen molar-refractivity contribution in [2.24, 2.45) is 0 Å². The van der Waals surface area contributed by atoms with Gasteiger partial charge in [0.05, 0.1) is 10.5 Å². The van der Waals surface area contributed by atoms with Crippen molar-refractivity contribution in [2.75, 3.05) is 0 Å². The summed E-state index contributed by atoms with van der Waals surface area (Å²) in [6, 6.07) is 3.34. The Labute approximate surface area is 105 Å². The van der Waals surface area contributed by atoms with Crippen molar-refractivity contribution in [3.8, 4) is 0 Å². The SMILES string of the molecule is CCCn1c2c(c3c(Cl)c(F)ccc31)CCC2. The lowest BCUT2D eigenvalue weighted by Crippen LogP contribution is -2.00. The van der Waals surface area contributed by atoms with E-state index >= 15 is 0 Å².